The Bertz CT molecular complexity index is 531. The summed E-state index contributed by atoms with van der Waals surface area (Å²) < 4.78 is 48.1. The normalized spacial score (nSPS) is 19.5. The van der Waals surface area contributed by atoms with E-state index in [0.29, 0.717) is 24.0 Å². The summed E-state index contributed by atoms with van der Waals surface area (Å²) in [6.07, 6.45) is 1.88. The lowest BCUT2D eigenvalue weighted by Crippen LogP contribution is -2.22. The topological polar surface area (TPSA) is 18.5 Å². The first kappa shape index (κ1) is 15.5. The maximum atomic E-state index is 12.7. The van der Waals surface area contributed by atoms with Crippen molar-refractivity contribution >= 4 is 0 Å². The number of ether oxygens (including phenoxy) is 2. The lowest BCUT2D eigenvalue weighted by Gasteiger charge is -2.30. The van der Waals surface area contributed by atoms with Crippen molar-refractivity contribution < 1.29 is 22.6 Å². The van der Waals surface area contributed by atoms with Gasteiger partial charge in [0.1, 0.15) is 0 Å². The zero-order valence-electron chi connectivity index (χ0n) is 12.7. The Morgan fingerprint density at radius 1 is 1.09 bits per heavy atom. The molecule has 2 saturated carbocycles. The van der Waals surface area contributed by atoms with Crippen molar-refractivity contribution in [2.45, 2.75) is 57.7 Å². The summed E-state index contributed by atoms with van der Waals surface area (Å²) >= 11 is 0. The summed E-state index contributed by atoms with van der Waals surface area (Å²) in [4.78, 5) is 0. The van der Waals surface area contributed by atoms with Crippen molar-refractivity contribution in [3.63, 3.8) is 0 Å². The molecule has 2 nitrogen and oxygen atoms in total. The van der Waals surface area contributed by atoms with Crippen LogP contribution in [0.4, 0.5) is 13.2 Å². The van der Waals surface area contributed by atoms with E-state index in [1.165, 1.54) is 6.42 Å². The van der Waals surface area contributed by atoms with E-state index >= 15 is 0 Å². The van der Waals surface area contributed by atoms with Crippen LogP contribution in [0.2, 0.25) is 0 Å². The Morgan fingerprint density at radius 2 is 1.77 bits per heavy atom. The lowest BCUT2D eigenvalue weighted by molar-refractivity contribution is -0.275. The molecule has 0 N–H and O–H groups in total. The SMILES string of the molecule is Cc1c(C2CCC2)ccc(OCC2CCC2)c1OC(F)(F)F. The second kappa shape index (κ2) is 6.01. The molecule has 0 saturated heterocycles. The van der Waals surface area contributed by atoms with Gasteiger partial charge in [0.25, 0.3) is 0 Å². The van der Waals surface area contributed by atoms with E-state index in [2.05, 4.69) is 4.74 Å². The molecule has 3 rings (SSSR count). The molecule has 122 valence electrons. The summed E-state index contributed by atoms with van der Waals surface area (Å²) in [5.74, 6) is 0.877. The Morgan fingerprint density at radius 3 is 2.27 bits per heavy atom. The van der Waals surface area contributed by atoms with Gasteiger partial charge in [0.05, 0.1) is 6.61 Å². The molecular formula is C17H21F3O2. The molecular weight excluding hydrogens is 293 g/mol. The van der Waals surface area contributed by atoms with E-state index in [1.807, 2.05) is 6.07 Å². The minimum Gasteiger partial charge on any atom is -0.489 e. The first-order valence-electron chi connectivity index (χ1n) is 7.96. The Balaban J connectivity index is 1.84. The number of benzene rings is 1. The zero-order valence-corrected chi connectivity index (χ0v) is 12.7. The van der Waals surface area contributed by atoms with E-state index in [9.17, 15) is 13.2 Å². The zero-order chi connectivity index (χ0) is 15.7. The fraction of sp³-hybridized carbons (Fsp3) is 0.647. The van der Waals surface area contributed by atoms with Crippen LogP contribution < -0.4 is 9.47 Å². The molecule has 22 heavy (non-hydrogen) atoms. The van der Waals surface area contributed by atoms with Crippen LogP contribution in [0.15, 0.2) is 12.1 Å². The van der Waals surface area contributed by atoms with Crippen molar-refractivity contribution in [2.75, 3.05) is 6.61 Å². The molecule has 0 amide bonds. The van der Waals surface area contributed by atoms with Crippen molar-refractivity contribution in [2.24, 2.45) is 5.92 Å². The molecule has 2 aliphatic carbocycles. The fourth-order valence-corrected chi connectivity index (χ4v) is 3.07. The van der Waals surface area contributed by atoms with E-state index in [4.69, 9.17) is 4.74 Å². The highest BCUT2D eigenvalue weighted by Gasteiger charge is 2.35. The first-order valence-corrected chi connectivity index (χ1v) is 7.96. The minimum absolute atomic E-state index is 0.156. The third-order valence-corrected chi connectivity index (χ3v) is 4.87. The molecule has 1 aromatic carbocycles. The molecule has 0 unspecified atom stereocenters. The largest absolute Gasteiger partial charge is 0.573 e. The van der Waals surface area contributed by atoms with Gasteiger partial charge in [-0.05, 0) is 61.6 Å². The van der Waals surface area contributed by atoms with Crippen molar-refractivity contribution in [1.82, 2.24) is 0 Å². The maximum absolute atomic E-state index is 12.7. The van der Waals surface area contributed by atoms with Gasteiger partial charge < -0.3 is 9.47 Å². The molecule has 1 aromatic rings. The number of halogens is 3. The van der Waals surface area contributed by atoms with Gasteiger partial charge in [0.2, 0.25) is 0 Å². The monoisotopic (exact) mass is 314 g/mol. The third-order valence-electron chi connectivity index (χ3n) is 4.87. The van der Waals surface area contributed by atoms with Crippen molar-refractivity contribution in [1.29, 1.82) is 0 Å². The highest BCUT2D eigenvalue weighted by atomic mass is 19.4. The second-order valence-electron chi connectivity index (χ2n) is 6.39. The van der Waals surface area contributed by atoms with Crippen LogP contribution in [0.1, 0.15) is 55.6 Å². The number of rotatable bonds is 5. The Kier molecular flexibility index (Phi) is 4.24. The lowest BCUT2D eigenvalue weighted by atomic mass is 9.78. The quantitative estimate of drug-likeness (QED) is 0.730. The van der Waals surface area contributed by atoms with Gasteiger partial charge in [0.15, 0.2) is 11.5 Å². The number of hydrogen-bond donors (Lipinski definition) is 0. The van der Waals surface area contributed by atoms with Gasteiger partial charge in [-0.15, -0.1) is 13.2 Å². The fourth-order valence-electron chi connectivity index (χ4n) is 3.07. The highest BCUT2D eigenvalue weighted by molar-refractivity contribution is 5.51. The number of hydrogen-bond acceptors (Lipinski definition) is 2. The molecule has 0 atom stereocenters. The van der Waals surface area contributed by atoms with Crippen molar-refractivity contribution in [3.8, 4) is 11.5 Å². The standard InChI is InChI=1S/C17H21F3O2/c1-11-14(13-6-3-7-13)8-9-15(16(11)22-17(18,19)20)21-10-12-4-2-5-12/h8-9,12-13H,2-7,10H2,1H3. The first-order chi connectivity index (χ1) is 10.4. The molecule has 0 heterocycles. The minimum atomic E-state index is -4.70. The van der Waals surface area contributed by atoms with Gasteiger partial charge in [-0.2, -0.15) is 0 Å². The van der Waals surface area contributed by atoms with Gasteiger partial charge in [-0.25, -0.2) is 0 Å². The van der Waals surface area contributed by atoms with Crippen LogP contribution in [0.5, 0.6) is 11.5 Å². The van der Waals surface area contributed by atoms with Gasteiger partial charge in [-0.1, -0.05) is 18.9 Å². The molecule has 0 aliphatic heterocycles. The molecule has 0 aromatic heterocycles. The molecule has 5 heteroatoms. The summed E-state index contributed by atoms with van der Waals surface area (Å²) in [6, 6.07) is 3.54. The van der Waals surface area contributed by atoms with Crippen LogP contribution >= 0.6 is 0 Å². The van der Waals surface area contributed by atoms with E-state index in [0.717, 1.165) is 37.7 Å². The molecule has 0 radical (unpaired) electrons. The summed E-state index contributed by atoms with van der Waals surface area (Å²) in [6.45, 7) is 2.17. The molecule has 0 spiro atoms. The second-order valence-corrected chi connectivity index (χ2v) is 6.39. The summed E-state index contributed by atoms with van der Waals surface area (Å²) in [5.41, 5.74) is 1.52. The van der Waals surface area contributed by atoms with E-state index < -0.39 is 6.36 Å². The average molecular weight is 314 g/mol. The van der Waals surface area contributed by atoms with Crippen LogP contribution in [0.3, 0.4) is 0 Å². The van der Waals surface area contributed by atoms with Gasteiger partial charge >= 0.3 is 6.36 Å². The Labute approximate surface area is 128 Å². The summed E-state index contributed by atoms with van der Waals surface area (Å²) in [7, 11) is 0. The van der Waals surface area contributed by atoms with Gasteiger partial charge in [-0.3, -0.25) is 0 Å². The molecule has 2 aliphatic rings. The Hall–Kier alpha value is -1.39. The predicted octanol–water partition coefficient (Wildman–Crippen LogP) is 5.34. The van der Waals surface area contributed by atoms with Gasteiger partial charge in [0, 0.05) is 0 Å². The van der Waals surface area contributed by atoms with E-state index in [1.54, 1.807) is 13.0 Å². The molecule has 2 fully saturated rings. The van der Waals surface area contributed by atoms with Crippen LogP contribution in [0.25, 0.3) is 0 Å². The maximum Gasteiger partial charge on any atom is 0.573 e. The third kappa shape index (κ3) is 3.33. The average Bonchev–Trinajstić information content (AvgIpc) is 2.31. The van der Waals surface area contributed by atoms with E-state index in [-0.39, 0.29) is 11.5 Å². The number of alkyl halides is 3. The van der Waals surface area contributed by atoms with Crippen molar-refractivity contribution in [3.05, 3.63) is 23.3 Å². The van der Waals surface area contributed by atoms with Crippen LogP contribution in [-0.2, 0) is 0 Å². The predicted molar refractivity (Wildman–Crippen MR) is 77.3 cm³/mol. The highest BCUT2D eigenvalue weighted by Crippen LogP contribution is 2.44. The summed E-state index contributed by atoms with van der Waals surface area (Å²) in [5, 5.41) is 0. The molecule has 0 bridgehead atoms. The smallest absolute Gasteiger partial charge is 0.489 e. The van der Waals surface area contributed by atoms with Crippen LogP contribution in [0, 0.1) is 12.8 Å². The van der Waals surface area contributed by atoms with Crippen LogP contribution in [-0.4, -0.2) is 13.0 Å².